The van der Waals surface area contributed by atoms with Gasteiger partial charge in [0, 0.05) is 18.7 Å². The molecule has 0 aliphatic rings. The van der Waals surface area contributed by atoms with Gasteiger partial charge in [0.05, 0.1) is 0 Å². The molecule has 0 aliphatic heterocycles. The summed E-state index contributed by atoms with van der Waals surface area (Å²) in [4.78, 5) is 0. The molecule has 5 heteroatoms. The van der Waals surface area contributed by atoms with E-state index in [2.05, 4.69) is 10.5 Å². The lowest BCUT2D eigenvalue weighted by atomic mass is 10.2. The number of halogens is 1. The van der Waals surface area contributed by atoms with Crippen LogP contribution in [-0.4, -0.2) is 17.6 Å². The second-order valence-electron chi connectivity index (χ2n) is 3.23. The van der Waals surface area contributed by atoms with Gasteiger partial charge in [-0.25, -0.2) is 4.39 Å². The van der Waals surface area contributed by atoms with Crippen LogP contribution in [0.15, 0.2) is 23.4 Å². The van der Waals surface area contributed by atoms with Crippen molar-refractivity contribution in [2.24, 2.45) is 10.9 Å². The van der Waals surface area contributed by atoms with Crippen molar-refractivity contribution in [2.75, 3.05) is 11.9 Å². The first kappa shape index (κ1) is 11.3. The summed E-state index contributed by atoms with van der Waals surface area (Å²) >= 11 is 0. The standard InChI is InChI=1S/C10H14FN3O/c1-7-2-3-8(6-9(7)11)13-5-4-10(12)14-15/h2-3,6,13,15H,4-5H2,1H3,(H2,12,14). The van der Waals surface area contributed by atoms with Crippen molar-refractivity contribution in [3.05, 3.63) is 29.6 Å². The molecule has 1 aromatic carbocycles. The van der Waals surface area contributed by atoms with Crippen LogP contribution in [0.2, 0.25) is 0 Å². The molecule has 0 radical (unpaired) electrons. The molecular weight excluding hydrogens is 197 g/mol. The molecule has 1 aromatic rings. The van der Waals surface area contributed by atoms with Gasteiger partial charge < -0.3 is 16.3 Å². The number of hydrogen-bond donors (Lipinski definition) is 3. The molecule has 0 unspecified atom stereocenters. The van der Waals surface area contributed by atoms with Gasteiger partial charge in [-0.05, 0) is 24.6 Å². The lowest BCUT2D eigenvalue weighted by Gasteiger charge is -2.06. The molecule has 82 valence electrons. The topological polar surface area (TPSA) is 70.6 Å². The first-order valence-corrected chi connectivity index (χ1v) is 4.60. The zero-order valence-electron chi connectivity index (χ0n) is 8.50. The van der Waals surface area contributed by atoms with E-state index in [1.807, 2.05) is 0 Å². The third-order valence-electron chi connectivity index (χ3n) is 2.01. The fourth-order valence-corrected chi connectivity index (χ4v) is 1.09. The third-order valence-corrected chi connectivity index (χ3v) is 2.01. The van der Waals surface area contributed by atoms with E-state index >= 15 is 0 Å². The molecular formula is C10H14FN3O. The quantitative estimate of drug-likeness (QED) is 0.307. The van der Waals surface area contributed by atoms with Crippen molar-refractivity contribution < 1.29 is 9.60 Å². The number of amidine groups is 1. The lowest BCUT2D eigenvalue weighted by molar-refractivity contribution is 0.317. The predicted molar refractivity (Wildman–Crippen MR) is 57.7 cm³/mol. The largest absolute Gasteiger partial charge is 0.409 e. The SMILES string of the molecule is Cc1ccc(NCCC(N)=NO)cc1F. The maximum atomic E-state index is 13.1. The highest BCUT2D eigenvalue weighted by molar-refractivity contribution is 5.80. The van der Waals surface area contributed by atoms with E-state index in [1.165, 1.54) is 6.07 Å². The summed E-state index contributed by atoms with van der Waals surface area (Å²) < 4.78 is 13.1. The fourth-order valence-electron chi connectivity index (χ4n) is 1.09. The van der Waals surface area contributed by atoms with Crippen molar-refractivity contribution in [3.63, 3.8) is 0 Å². The minimum atomic E-state index is -0.246. The molecule has 0 bridgehead atoms. The minimum Gasteiger partial charge on any atom is -0.409 e. The maximum absolute atomic E-state index is 13.1. The summed E-state index contributed by atoms with van der Waals surface area (Å²) in [5.41, 5.74) is 6.57. The zero-order chi connectivity index (χ0) is 11.3. The summed E-state index contributed by atoms with van der Waals surface area (Å²) in [6.07, 6.45) is 0.409. The molecule has 0 fully saturated rings. The van der Waals surface area contributed by atoms with E-state index in [1.54, 1.807) is 19.1 Å². The Labute approximate surface area is 87.6 Å². The van der Waals surface area contributed by atoms with Crippen molar-refractivity contribution in [2.45, 2.75) is 13.3 Å². The molecule has 0 amide bonds. The van der Waals surface area contributed by atoms with Gasteiger partial charge in [0.1, 0.15) is 11.7 Å². The van der Waals surface area contributed by atoms with Crippen LogP contribution in [-0.2, 0) is 0 Å². The van der Waals surface area contributed by atoms with Gasteiger partial charge in [-0.15, -0.1) is 0 Å². The van der Waals surface area contributed by atoms with Gasteiger partial charge >= 0.3 is 0 Å². The Morgan fingerprint density at radius 3 is 2.93 bits per heavy atom. The zero-order valence-corrected chi connectivity index (χ0v) is 8.50. The Morgan fingerprint density at radius 2 is 2.33 bits per heavy atom. The fraction of sp³-hybridized carbons (Fsp3) is 0.300. The highest BCUT2D eigenvalue weighted by atomic mass is 19.1. The van der Waals surface area contributed by atoms with Gasteiger partial charge in [0.15, 0.2) is 0 Å². The Kier molecular flexibility index (Phi) is 3.91. The van der Waals surface area contributed by atoms with Gasteiger partial charge in [-0.2, -0.15) is 0 Å². The summed E-state index contributed by atoms with van der Waals surface area (Å²) in [6, 6.07) is 4.90. The number of benzene rings is 1. The van der Waals surface area contributed by atoms with E-state index in [0.717, 1.165) is 0 Å². The molecule has 1 rings (SSSR count). The molecule has 0 saturated carbocycles. The number of nitrogens with two attached hydrogens (primary N) is 1. The van der Waals surface area contributed by atoms with Crippen LogP contribution in [0.5, 0.6) is 0 Å². The summed E-state index contributed by atoms with van der Waals surface area (Å²) in [6.45, 7) is 2.20. The van der Waals surface area contributed by atoms with Crippen molar-refractivity contribution in [1.82, 2.24) is 0 Å². The van der Waals surface area contributed by atoms with Crippen molar-refractivity contribution in [1.29, 1.82) is 0 Å². The van der Waals surface area contributed by atoms with Gasteiger partial charge in [-0.3, -0.25) is 0 Å². The third kappa shape index (κ3) is 3.46. The number of aryl methyl sites for hydroxylation is 1. The van der Waals surface area contributed by atoms with Crippen LogP contribution in [0.1, 0.15) is 12.0 Å². The molecule has 15 heavy (non-hydrogen) atoms. The lowest BCUT2D eigenvalue weighted by Crippen LogP contribution is -2.16. The van der Waals surface area contributed by atoms with E-state index in [-0.39, 0.29) is 11.7 Å². The van der Waals surface area contributed by atoms with Crippen LogP contribution >= 0.6 is 0 Å². The molecule has 0 saturated heterocycles. The highest BCUT2D eigenvalue weighted by Gasteiger charge is 1.99. The van der Waals surface area contributed by atoms with Crippen molar-refractivity contribution >= 4 is 11.5 Å². The second kappa shape index (κ2) is 5.19. The number of rotatable bonds is 4. The highest BCUT2D eigenvalue weighted by Crippen LogP contribution is 2.13. The monoisotopic (exact) mass is 211 g/mol. The molecule has 4 N–H and O–H groups in total. The van der Waals surface area contributed by atoms with E-state index in [9.17, 15) is 4.39 Å². The Balaban J connectivity index is 2.48. The summed E-state index contributed by atoms with van der Waals surface area (Å²) in [5, 5.41) is 14.1. The van der Waals surface area contributed by atoms with E-state index in [4.69, 9.17) is 10.9 Å². The molecule has 0 aromatic heterocycles. The molecule has 4 nitrogen and oxygen atoms in total. The number of nitrogens with one attached hydrogen (secondary N) is 1. The number of nitrogens with zero attached hydrogens (tertiary/aromatic N) is 1. The normalized spacial score (nSPS) is 11.5. The smallest absolute Gasteiger partial charge is 0.140 e. The Morgan fingerprint density at radius 1 is 1.60 bits per heavy atom. The number of oxime groups is 1. The maximum Gasteiger partial charge on any atom is 0.140 e. The van der Waals surface area contributed by atoms with Crippen LogP contribution in [0.3, 0.4) is 0 Å². The summed E-state index contributed by atoms with van der Waals surface area (Å²) in [7, 11) is 0. The van der Waals surface area contributed by atoms with Crippen LogP contribution in [0.4, 0.5) is 10.1 Å². The second-order valence-corrected chi connectivity index (χ2v) is 3.23. The van der Waals surface area contributed by atoms with E-state index in [0.29, 0.717) is 24.2 Å². The van der Waals surface area contributed by atoms with Gasteiger partial charge in [0.2, 0.25) is 0 Å². The average Bonchev–Trinajstić information content (AvgIpc) is 2.23. The average molecular weight is 211 g/mol. The van der Waals surface area contributed by atoms with Gasteiger partial charge in [0.25, 0.3) is 0 Å². The van der Waals surface area contributed by atoms with Gasteiger partial charge in [-0.1, -0.05) is 11.2 Å². The van der Waals surface area contributed by atoms with Crippen LogP contribution < -0.4 is 11.1 Å². The number of hydrogen-bond acceptors (Lipinski definition) is 3. The molecule has 0 atom stereocenters. The van der Waals surface area contributed by atoms with Crippen LogP contribution in [0, 0.1) is 12.7 Å². The molecule has 0 heterocycles. The first-order chi connectivity index (χ1) is 7.13. The number of anilines is 1. The minimum absolute atomic E-state index is 0.148. The molecule has 0 spiro atoms. The Hall–Kier alpha value is -1.78. The summed E-state index contributed by atoms with van der Waals surface area (Å²) in [5.74, 6) is -0.0983. The first-order valence-electron chi connectivity index (χ1n) is 4.60. The molecule has 0 aliphatic carbocycles. The van der Waals surface area contributed by atoms with Crippen molar-refractivity contribution in [3.8, 4) is 0 Å². The van der Waals surface area contributed by atoms with E-state index < -0.39 is 0 Å². The Bertz CT molecular complexity index is 366. The van der Waals surface area contributed by atoms with Crippen LogP contribution in [0.25, 0.3) is 0 Å². The predicted octanol–water partition coefficient (Wildman–Crippen LogP) is 1.68.